The number of hydrogen-bond acceptors (Lipinski definition) is 8. The molecular formula is C29H36FN5O4S. The van der Waals surface area contributed by atoms with E-state index in [2.05, 4.69) is 30.5 Å². The lowest BCUT2D eigenvalue weighted by Gasteiger charge is -2.28. The van der Waals surface area contributed by atoms with E-state index in [0.29, 0.717) is 48.4 Å². The second-order valence-electron chi connectivity index (χ2n) is 11.6. The first kappa shape index (κ1) is 29.3. The highest BCUT2D eigenvalue weighted by molar-refractivity contribution is 7.90. The lowest BCUT2D eigenvalue weighted by Crippen LogP contribution is -2.34. The third-order valence-corrected chi connectivity index (χ3v) is 8.06. The van der Waals surface area contributed by atoms with Gasteiger partial charge in [0.2, 0.25) is 0 Å². The summed E-state index contributed by atoms with van der Waals surface area (Å²) in [6.07, 6.45) is 0.884. The molecule has 0 bridgehead atoms. The van der Waals surface area contributed by atoms with Gasteiger partial charge in [-0.25, -0.2) is 19.1 Å². The Morgan fingerprint density at radius 2 is 1.93 bits per heavy atom. The molecular weight excluding hydrogens is 533 g/mol. The number of benzene rings is 1. The first-order valence-corrected chi connectivity index (χ1v) is 14.7. The van der Waals surface area contributed by atoms with Gasteiger partial charge < -0.3 is 15.4 Å². The summed E-state index contributed by atoms with van der Waals surface area (Å²) in [7, 11) is -4.29. The molecule has 3 N–H and O–H groups in total. The molecule has 40 heavy (non-hydrogen) atoms. The predicted molar refractivity (Wildman–Crippen MR) is 153 cm³/mol. The summed E-state index contributed by atoms with van der Waals surface area (Å²) in [6, 6.07) is 11.6. The van der Waals surface area contributed by atoms with Gasteiger partial charge >= 0.3 is 0 Å². The number of pyridine rings is 2. The first-order chi connectivity index (χ1) is 18.7. The highest BCUT2D eigenvalue weighted by Gasteiger charge is 2.34. The molecule has 2 aromatic heterocycles. The summed E-state index contributed by atoms with van der Waals surface area (Å²) in [5, 5.41) is -0.366. The SMILES string of the molecule is CC(C)COc1cc(F)cc(-c2ccc(C(=O)NS(=O)(=O)c3cccc(N)n3)c(N3CCC(C(C)(C)C)C3)n2)c1. The normalized spacial score (nSPS) is 15.9. The number of sulfonamides is 1. The van der Waals surface area contributed by atoms with Gasteiger partial charge in [-0.05, 0) is 60.1 Å². The van der Waals surface area contributed by atoms with Gasteiger partial charge in [0.25, 0.3) is 15.9 Å². The average molecular weight is 570 g/mol. The molecule has 1 aliphatic rings. The van der Waals surface area contributed by atoms with Gasteiger partial charge in [0.15, 0.2) is 5.03 Å². The molecule has 3 aromatic rings. The number of amides is 1. The van der Waals surface area contributed by atoms with E-state index in [9.17, 15) is 17.6 Å². The molecule has 1 atom stereocenters. The van der Waals surface area contributed by atoms with Crippen LogP contribution in [0.3, 0.4) is 0 Å². The smallest absolute Gasteiger partial charge is 0.281 e. The minimum atomic E-state index is -4.29. The quantitative estimate of drug-likeness (QED) is 0.393. The minimum Gasteiger partial charge on any atom is -0.493 e. The van der Waals surface area contributed by atoms with Crippen LogP contribution < -0.4 is 20.1 Å². The van der Waals surface area contributed by atoms with Crippen LogP contribution in [0.5, 0.6) is 5.75 Å². The maximum Gasteiger partial charge on any atom is 0.281 e. The van der Waals surface area contributed by atoms with Crippen LogP contribution in [0.4, 0.5) is 16.0 Å². The molecule has 3 heterocycles. The van der Waals surface area contributed by atoms with Crippen molar-refractivity contribution in [2.45, 2.75) is 46.1 Å². The first-order valence-electron chi connectivity index (χ1n) is 13.2. The zero-order valence-corrected chi connectivity index (χ0v) is 24.3. The Morgan fingerprint density at radius 3 is 2.58 bits per heavy atom. The van der Waals surface area contributed by atoms with Crippen LogP contribution in [0.1, 0.15) is 51.4 Å². The Bertz CT molecular complexity index is 1500. The number of anilines is 2. The topological polar surface area (TPSA) is 128 Å². The fourth-order valence-corrected chi connectivity index (χ4v) is 5.50. The molecule has 0 radical (unpaired) electrons. The second-order valence-corrected chi connectivity index (χ2v) is 13.2. The Morgan fingerprint density at radius 1 is 1.18 bits per heavy atom. The van der Waals surface area contributed by atoms with Gasteiger partial charge in [0.1, 0.15) is 23.2 Å². The molecule has 1 aliphatic heterocycles. The second kappa shape index (κ2) is 11.4. The zero-order valence-electron chi connectivity index (χ0n) is 23.4. The number of nitrogens with one attached hydrogen (secondary N) is 1. The van der Waals surface area contributed by atoms with Crippen molar-refractivity contribution in [3.05, 3.63) is 59.9 Å². The molecule has 1 saturated heterocycles. The fourth-order valence-electron chi connectivity index (χ4n) is 4.55. The van der Waals surface area contributed by atoms with Gasteiger partial charge in [0, 0.05) is 24.7 Å². The van der Waals surface area contributed by atoms with Crippen molar-refractivity contribution in [1.29, 1.82) is 0 Å². The summed E-state index contributed by atoms with van der Waals surface area (Å²) in [6.45, 7) is 12.2. The van der Waals surface area contributed by atoms with Crippen LogP contribution >= 0.6 is 0 Å². The summed E-state index contributed by atoms with van der Waals surface area (Å²) >= 11 is 0. The molecule has 0 saturated carbocycles. The van der Waals surface area contributed by atoms with Gasteiger partial charge in [-0.2, -0.15) is 8.42 Å². The van der Waals surface area contributed by atoms with Crippen molar-refractivity contribution in [3.8, 4) is 17.0 Å². The molecule has 1 unspecified atom stereocenters. The maximum absolute atomic E-state index is 14.5. The largest absolute Gasteiger partial charge is 0.493 e. The van der Waals surface area contributed by atoms with E-state index in [1.54, 1.807) is 12.1 Å². The van der Waals surface area contributed by atoms with E-state index in [4.69, 9.17) is 15.5 Å². The molecule has 0 aliphatic carbocycles. The highest BCUT2D eigenvalue weighted by Crippen LogP contribution is 2.37. The fraction of sp³-hybridized carbons (Fsp3) is 0.414. The standard InChI is InChI=1S/C29H36FN5O4S/c1-18(2)17-39-22-14-19(13-21(30)15-22)24-10-9-23(27(32-24)35-12-11-20(16-35)29(3,4)5)28(36)34-40(37,38)26-8-6-7-25(31)33-26/h6-10,13-15,18,20H,11-12,16-17H2,1-5H3,(H2,31,33)(H,34,36). The van der Waals surface area contributed by atoms with Gasteiger partial charge in [-0.3, -0.25) is 4.79 Å². The Balaban J connectivity index is 1.73. The third-order valence-electron chi connectivity index (χ3n) is 6.83. The number of halogens is 1. The Labute approximate surface area is 235 Å². The number of nitrogens with two attached hydrogens (primary N) is 1. The lowest BCUT2D eigenvalue weighted by molar-refractivity contribution is 0.0981. The number of aromatic nitrogens is 2. The van der Waals surface area contributed by atoms with E-state index in [1.165, 1.54) is 36.4 Å². The van der Waals surface area contributed by atoms with Crippen LogP contribution in [0, 0.1) is 23.1 Å². The van der Waals surface area contributed by atoms with Crippen LogP contribution in [-0.2, 0) is 10.0 Å². The van der Waals surface area contributed by atoms with Crippen molar-refractivity contribution < 1.29 is 22.3 Å². The highest BCUT2D eigenvalue weighted by atomic mass is 32.2. The summed E-state index contributed by atoms with van der Waals surface area (Å²) in [5.74, 6) is -0.0128. The number of nitrogen functional groups attached to an aromatic ring is 1. The Kier molecular flexibility index (Phi) is 8.34. The zero-order chi connectivity index (χ0) is 29.2. The van der Waals surface area contributed by atoms with Crippen LogP contribution in [0.2, 0.25) is 0 Å². The molecule has 214 valence electrons. The van der Waals surface area contributed by atoms with Crippen LogP contribution in [-0.4, -0.2) is 44.0 Å². The molecule has 0 spiro atoms. The van der Waals surface area contributed by atoms with E-state index < -0.39 is 21.7 Å². The number of hydrogen-bond donors (Lipinski definition) is 2. The van der Waals surface area contributed by atoms with E-state index in [1.807, 2.05) is 18.7 Å². The van der Waals surface area contributed by atoms with E-state index >= 15 is 0 Å². The van der Waals surface area contributed by atoms with Crippen molar-refractivity contribution in [2.75, 3.05) is 30.3 Å². The number of ether oxygens (including phenoxy) is 1. The number of rotatable bonds is 8. The van der Waals surface area contributed by atoms with E-state index in [0.717, 1.165) is 6.42 Å². The third kappa shape index (κ3) is 6.88. The average Bonchev–Trinajstić information content (AvgIpc) is 3.38. The predicted octanol–water partition coefficient (Wildman–Crippen LogP) is 4.89. The number of carbonyl (C=O) groups is 1. The monoisotopic (exact) mass is 569 g/mol. The summed E-state index contributed by atoms with van der Waals surface area (Å²) in [4.78, 5) is 24.0. The maximum atomic E-state index is 14.5. The molecule has 4 rings (SSSR count). The molecule has 1 aromatic carbocycles. The lowest BCUT2D eigenvalue weighted by atomic mass is 9.80. The number of nitrogens with zero attached hydrogens (tertiary/aromatic N) is 3. The summed E-state index contributed by atoms with van der Waals surface area (Å²) < 4.78 is 48.2. The van der Waals surface area contributed by atoms with Gasteiger partial charge in [-0.15, -0.1) is 0 Å². The van der Waals surface area contributed by atoms with Gasteiger partial charge in [-0.1, -0.05) is 40.7 Å². The Hall–Kier alpha value is -3.73. The molecule has 9 nitrogen and oxygen atoms in total. The van der Waals surface area contributed by atoms with E-state index in [-0.39, 0.29) is 27.7 Å². The summed E-state index contributed by atoms with van der Waals surface area (Å²) in [5.41, 5.74) is 6.66. The minimum absolute atomic E-state index is 0.0131. The van der Waals surface area contributed by atoms with Crippen molar-refractivity contribution >= 4 is 27.6 Å². The van der Waals surface area contributed by atoms with Crippen molar-refractivity contribution in [1.82, 2.24) is 14.7 Å². The molecule has 1 fully saturated rings. The molecule has 11 heteroatoms. The van der Waals surface area contributed by atoms with Crippen LogP contribution in [0.25, 0.3) is 11.3 Å². The molecule has 1 amide bonds. The van der Waals surface area contributed by atoms with Gasteiger partial charge in [0.05, 0.1) is 17.9 Å². The van der Waals surface area contributed by atoms with Crippen molar-refractivity contribution in [3.63, 3.8) is 0 Å². The van der Waals surface area contributed by atoms with Crippen LogP contribution in [0.15, 0.2) is 53.6 Å². The van der Waals surface area contributed by atoms with Crippen molar-refractivity contribution in [2.24, 2.45) is 17.3 Å². The number of carbonyl (C=O) groups excluding carboxylic acids is 1.